The standard InChI is InChI=1S/C18H17N3O/c19-11-17(13-4-2-1-3-5-13)21-18(22)15-6-7-16-12-20-9-8-14(16)10-15/h1-10,12,17H,11,19H2,(H,21,22)/t17-/m1/s1. The van der Waals surface area contributed by atoms with Crippen LogP contribution in [0, 0.1) is 0 Å². The Bertz CT molecular complexity index is 786. The highest BCUT2D eigenvalue weighted by Gasteiger charge is 2.14. The zero-order valence-corrected chi connectivity index (χ0v) is 12.1. The van der Waals surface area contributed by atoms with Crippen LogP contribution in [0.5, 0.6) is 0 Å². The van der Waals surface area contributed by atoms with Crippen molar-refractivity contribution in [2.45, 2.75) is 6.04 Å². The SMILES string of the molecule is NC[C@@H](NC(=O)c1ccc2cnccc2c1)c1ccccc1. The largest absolute Gasteiger partial charge is 0.344 e. The fourth-order valence-corrected chi connectivity index (χ4v) is 2.43. The Morgan fingerprint density at radius 2 is 1.91 bits per heavy atom. The number of nitrogens with zero attached hydrogens (tertiary/aromatic N) is 1. The quantitative estimate of drug-likeness (QED) is 0.776. The summed E-state index contributed by atoms with van der Waals surface area (Å²) in [4.78, 5) is 16.5. The van der Waals surface area contributed by atoms with Crippen molar-refractivity contribution in [2.24, 2.45) is 5.73 Å². The average Bonchev–Trinajstić information content (AvgIpc) is 2.59. The van der Waals surface area contributed by atoms with Gasteiger partial charge in [-0.2, -0.15) is 0 Å². The van der Waals surface area contributed by atoms with Crippen molar-refractivity contribution in [3.8, 4) is 0 Å². The fourth-order valence-electron chi connectivity index (χ4n) is 2.43. The van der Waals surface area contributed by atoms with Gasteiger partial charge < -0.3 is 11.1 Å². The topological polar surface area (TPSA) is 68.0 Å². The second-order valence-corrected chi connectivity index (χ2v) is 5.11. The van der Waals surface area contributed by atoms with Crippen molar-refractivity contribution in [1.29, 1.82) is 0 Å². The third-order valence-corrected chi connectivity index (χ3v) is 3.65. The first-order valence-electron chi connectivity index (χ1n) is 7.17. The van der Waals surface area contributed by atoms with Gasteiger partial charge in [-0.15, -0.1) is 0 Å². The van der Waals surface area contributed by atoms with Gasteiger partial charge in [-0.1, -0.05) is 36.4 Å². The van der Waals surface area contributed by atoms with Crippen LogP contribution in [-0.4, -0.2) is 17.4 Å². The summed E-state index contributed by atoms with van der Waals surface area (Å²) in [6.07, 6.45) is 3.50. The minimum Gasteiger partial charge on any atom is -0.344 e. The number of carbonyl (C=O) groups is 1. The van der Waals surface area contributed by atoms with E-state index in [0.29, 0.717) is 12.1 Å². The third-order valence-electron chi connectivity index (χ3n) is 3.65. The first-order valence-corrected chi connectivity index (χ1v) is 7.17. The van der Waals surface area contributed by atoms with Crippen molar-refractivity contribution in [1.82, 2.24) is 10.3 Å². The summed E-state index contributed by atoms with van der Waals surface area (Å²) in [5.74, 6) is -0.127. The zero-order chi connectivity index (χ0) is 15.4. The van der Waals surface area contributed by atoms with E-state index in [1.54, 1.807) is 18.5 Å². The predicted molar refractivity (Wildman–Crippen MR) is 87.4 cm³/mol. The average molecular weight is 291 g/mol. The first-order chi connectivity index (χ1) is 10.8. The van der Waals surface area contributed by atoms with Crippen molar-refractivity contribution >= 4 is 16.7 Å². The number of hydrogen-bond acceptors (Lipinski definition) is 3. The van der Waals surface area contributed by atoms with E-state index < -0.39 is 0 Å². The number of rotatable bonds is 4. The molecule has 1 heterocycles. The van der Waals surface area contributed by atoms with Gasteiger partial charge in [0.15, 0.2) is 0 Å². The number of nitrogens with two attached hydrogens (primary N) is 1. The summed E-state index contributed by atoms with van der Waals surface area (Å²) in [6.45, 7) is 0.354. The van der Waals surface area contributed by atoms with Crippen LogP contribution in [0.2, 0.25) is 0 Å². The normalized spacial score (nSPS) is 12.0. The molecular formula is C18H17N3O. The molecule has 0 spiro atoms. The van der Waals surface area contributed by atoms with Crippen LogP contribution < -0.4 is 11.1 Å². The summed E-state index contributed by atoms with van der Waals surface area (Å²) in [6, 6.07) is 17.0. The molecule has 1 amide bonds. The summed E-state index contributed by atoms with van der Waals surface area (Å²) < 4.78 is 0. The number of nitrogens with one attached hydrogen (secondary N) is 1. The maximum atomic E-state index is 12.4. The van der Waals surface area contributed by atoms with Crippen molar-refractivity contribution in [3.05, 3.63) is 78.1 Å². The minimum atomic E-state index is -0.193. The Balaban J connectivity index is 1.83. The van der Waals surface area contributed by atoms with Crippen LogP contribution in [0.4, 0.5) is 0 Å². The van der Waals surface area contributed by atoms with Gasteiger partial charge in [-0.25, -0.2) is 0 Å². The number of carbonyl (C=O) groups excluding carboxylic acids is 1. The molecule has 1 aromatic heterocycles. The van der Waals surface area contributed by atoms with Crippen LogP contribution in [0.1, 0.15) is 22.0 Å². The molecule has 3 rings (SSSR count). The number of hydrogen-bond donors (Lipinski definition) is 2. The molecule has 0 saturated carbocycles. The summed E-state index contributed by atoms with van der Waals surface area (Å²) in [7, 11) is 0. The van der Waals surface area contributed by atoms with Crippen molar-refractivity contribution in [2.75, 3.05) is 6.54 Å². The maximum absolute atomic E-state index is 12.4. The molecule has 0 radical (unpaired) electrons. The summed E-state index contributed by atoms with van der Waals surface area (Å²) >= 11 is 0. The lowest BCUT2D eigenvalue weighted by Gasteiger charge is -2.17. The van der Waals surface area contributed by atoms with Crippen LogP contribution in [-0.2, 0) is 0 Å². The van der Waals surface area contributed by atoms with Gasteiger partial charge in [0.1, 0.15) is 0 Å². The lowest BCUT2D eigenvalue weighted by Crippen LogP contribution is -2.33. The molecule has 0 unspecified atom stereocenters. The number of aromatic nitrogens is 1. The Hall–Kier alpha value is -2.72. The van der Waals surface area contributed by atoms with Gasteiger partial charge >= 0.3 is 0 Å². The van der Waals surface area contributed by atoms with Crippen LogP contribution >= 0.6 is 0 Å². The van der Waals surface area contributed by atoms with Crippen LogP contribution in [0.15, 0.2) is 67.0 Å². The molecule has 4 heteroatoms. The van der Waals surface area contributed by atoms with Gasteiger partial charge in [-0.05, 0) is 29.1 Å². The van der Waals surface area contributed by atoms with Gasteiger partial charge in [0.2, 0.25) is 0 Å². The Morgan fingerprint density at radius 3 is 2.68 bits per heavy atom. The van der Waals surface area contributed by atoms with Gasteiger partial charge in [0.25, 0.3) is 5.91 Å². The number of amides is 1. The van der Waals surface area contributed by atoms with E-state index in [1.807, 2.05) is 48.5 Å². The lowest BCUT2D eigenvalue weighted by molar-refractivity contribution is 0.0938. The molecular weight excluding hydrogens is 274 g/mol. The molecule has 3 N–H and O–H groups in total. The van der Waals surface area contributed by atoms with Gasteiger partial charge in [0.05, 0.1) is 6.04 Å². The zero-order valence-electron chi connectivity index (χ0n) is 12.1. The third kappa shape index (κ3) is 2.97. The van der Waals surface area contributed by atoms with Crippen LogP contribution in [0.3, 0.4) is 0 Å². The molecule has 2 aromatic carbocycles. The molecule has 0 aliphatic heterocycles. The van der Waals surface area contributed by atoms with E-state index in [2.05, 4.69) is 10.3 Å². The highest BCUT2D eigenvalue weighted by Crippen LogP contribution is 2.16. The smallest absolute Gasteiger partial charge is 0.251 e. The van der Waals surface area contributed by atoms with Crippen molar-refractivity contribution < 1.29 is 4.79 Å². The molecule has 1 atom stereocenters. The Labute approximate surface area is 129 Å². The minimum absolute atomic E-state index is 0.127. The first kappa shape index (κ1) is 14.2. The second kappa shape index (κ2) is 6.37. The molecule has 3 aromatic rings. The molecule has 22 heavy (non-hydrogen) atoms. The molecule has 0 fully saturated rings. The molecule has 0 saturated heterocycles. The molecule has 0 bridgehead atoms. The highest BCUT2D eigenvalue weighted by atomic mass is 16.1. The number of pyridine rings is 1. The molecule has 110 valence electrons. The van der Waals surface area contributed by atoms with Gasteiger partial charge in [0, 0.05) is 29.9 Å². The predicted octanol–water partition coefficient (Wildman–Crippen LogP) is 2.66. The second-order valence-electron chi connectivity index (χ2n) is 5.11. The molecule has 4 nitrogen and oxygen atoms in total. The maximum Gasteiger partial charge on any atom is 0.251 e. The van der Waals surface area contributed by atoms with Gasteiger partial charge in [-0.3, -0.25) is 9.78 Å². The molecule has 0 aliphatic rings. The number of fused-ring (bicyclic) bond motifs is 1. The number of benzene rings is 2. The van der Waals surface area contributed by atoms with E-state index in [9.17, 15) is 4.79 Å². The van der Waals surface area contributed by atoms with E-state index in [-0.39, 0.29) is 11.9 Å². The van der Waals surface area contributed by atoms with Crippen molar-refractivity contribution in [3.63, 3.8) is 0 Å². The summed E-state index contributed by atoms with van der Waals surface area (Å²) in [5, 5.41) is 4.99. The Morgan fingerprint density at radius 1 is 1.09 bits per heavy atom. The Kier molecular flexibility index (Phi) is 4.12. The van der Waals surface area contributed by atoms with E-state index in [1.165, 1.54) is 0 Å². The van der Waals surface area contributed by atoms with E-state index in [0.717, 1.165) is 16.3 Å². The van der Waals surface area contributed by atoms with Crippen LogP contribution in [0.25, 0.3) is 10.8 Å². The van der Waals surface area contributed by atoms with E-state index in [4.69, 9.17) is 5.73 Å². The highest BCUT2D eigenvalue weighted by molar-refractivity contribution is 5.98. The van der Waals surface area contributed by atoms with E-state index >= 15 is 0 Å². The summed E-state index contributed by atoms with van der Waals surface area (Å²) in [5.41, 5.74) is 7.42. The lowest BCUT2D eigenvalue weighted by atomic mass is 10.1. The fraction of sp³-hybridized carbons (Fsp3) is 0.111. The molecule has 0 aliphatic carbocycles. The monoisotopic (exact) mass is 291 g/mol.